The molecule has 0 aliphatic rings. The monoisotopic (exact) mass is 352 g/mol. The van der Waals surface area contributed by atoms with Crippen molar-refractivity contribution in [1.82, 2.24) is 9.55 Å². The highest BCUT2D eigenvalue weighted by atomic mass is 79.9. The first-order valence-electron chi connectivity index (χ1n) is 6.25. The second-order valence-corrected chi connectivity index (χ2v) is 5.19. The van der Waals surface area contributed by atoms with Gasteiger partial charge in [0.25, 0.3) is 0 Å². The van der Waals surface area contributed by atoms with E-state index in [0.717, 1.165) is 6.54 Å². The number of hydrogen-bond donors (Lipinski definition) is 1. The van der Waals surface area contributed by atoms with Gasteiger partial charge in [0, 0.05) is 23.3 Å². The molecule has 110 valence electrons. The largest absolute Gasteiger partial charge is 0.370 e. The Morgan fingerprint density at radius 2 is 2.24 bits per heavy atom. The number of pyridine rings is 2. The molecule has 0 unspecified atom stereocenters. The van der Waals surface area contributed by atoms with Gasteiger partial charge >= 0.3 is 11.2 Å². The van der Waals surface area contributed by atoms with Crippen LogP contribution in [0.2, 0.25) is 0 Å². The van der Waals surface area contributed by atoms with E-state index < -0.39 is 16.2 Å². The Kier molecular flexibility index (Phi) is 4.69. The van der Waals surface area contributed by atoms with Crippen molar-refractivity contribution in [3.05, 3.63) is 61.1 Å². The van der Waals surface area contributed by atoms with Gasteiger partial charge in [0.2, 0.25) is 0 Å². The van der Waals surface area contributed by atoms with Crippen LogP contribution >= 0.6 is 15.9 Å². The molecule has 7 nitrogen and oxygen atoms in total. The number of hydrogen-bond acceptors (Lipinski definition) is 5. The van der Waals surface area contributed by atoms with Crippen LogP contribution in [0, 0.1) is 10.1 Å². The Morgan fingerprint density at radius 1 is 1.48 bits per heavy atom. The summed E-state index contributed by atoms with van der Waals surface area (Å²) in [5.41, 5.74) is -0.478. The van der Waals surface area contributed by atoms with Gasteiger partial charge in [0.15, 0.2) is 0 Å². The molecule has 2 heterocycles. The van der Waals surface area contributed by atoms with Crippen LogP contribution < -0.4 is 10.9 Å². The topological polar surface area (TPSA) is 90.1 Å². The SMILES string of the molecule is CCNc1cccc(Cn2cc(Br)cc([N+](=O)[O-])c2=O)n1. The Morgan fingerprint density at radius 3 is 2.90 bits per heavy atom. The van der Waals surface area contributed by atoms with Crippen LogP contribution in [-0.4, -0.2) is 21.0 Å². The predicted octanol–water partition coefficient (Wildman–Crippen LogP) is 2.39. The average molecular weight is 353 g/mol. The minimum absolute atomic E-state index is 0.165. The van der Waals surface area contributed by atoms with Crippen molar-refractivity contribution in [2.75, 3.05) is 11.9 Å². The molecule has 0 atom stereocenters. The van der Waals surface area contributed by atoms with Gasteiger partial charge in [-0.25, -0.2) is 4.98 Å². The molecule has 0 aliphatic heterocycles. The summed E-state index contributed by atoms with van der Waals surface area (Å²) in [6, 6.07) is 6.60. The van der Waals surface area contributed by atoms with Gasteiger partial charge in [-0.15, -0.1) is 0 Å². The third kappa shape index (κ3) is 3.66. The van der Waals surface area contributed by atoms with E-state index in [-0.39, 0.29) is 6.54 Å². The van der Waals surface area contributed by atoms with Crippen molar-refractivity contribution in [1.29, 1.82) is 0 Å². The van der Waals surface area contributed by atoms with Crippen molar-refractivity contribution in [2.24, 2.45) is 0 Å². The summed E-state index contributed by atoms with van der Waals surface area (Å²) in [7, 11) is 0. The minimum atomic E-state index is -0.688. The third-order valence-electron chi connectivity index (χ3n) is 2.73. The molecule has 2 rings (SSSR count). The molecule has 0 radical (unpaired) electrons. The lowest BCUT2D eigenvalue weighted by Crippen LogP contribution is -2.23. The van der Waals surface area contributed by atoms with E-state index in [4.69, 9.17) is 0 Å². The van der Waals surface area contributed by atoms with Crippen LogP contribution in [0.4, 0.5) is 11.5 Å². The summed E-state index contributed by atoms with van der Waals surface area (Å²) in [4.78, 5) is 26.6. The zero-order chi connectivity index (χ0) is 15.4. The minimum Gasteiger partial charge on any atom is -0.370 e. The molecule has 0 aliphatic carbocycles. The number of nitro groups is 1. The highest BCUT2D eigenvalue weighted by Gasteiger charge is 2.16. The van der Waals surface area contributed by atoms with Crippen molar-refractivity contribution < 1.29 is 4.92 Å². The Bertz CT molecular complexity index is 730. The molecule has 8 heteroatoms. The summed E-state index contributed by atoms with van der Waals surface area (Å²) in [6.45, 7) is 2.85. The van der Waals surface area contributed by atoms with E-state index in [1.165, 1.54) is 16.8 Å². The van der Waals surface area contributed by atoms with Gasteiger partial charge in [-0.1, -0.05) is 6.07 Å². The van der Waals surface area contributed by atoms with Crippen LogP contribution in [0.25, 0.3) is 0 Å². The molecular formula is C13H13BrN4O3. The van der Waals surface area contributed by atoms with Crippen LogP contribution in [0.3, 0.4) is 0 Å². The maximum absolute atomic E-state index is 12.0. The average Bonchev–Trinajstić information content (AvgIpc) is 2.43. The fourth-order valence-electron chi connectivity index (χ4n) is 1.85. The van der Waals surface area contributed by atoms with Crippen LogP contribution in [0.5, 0.6) is 0 Å². The second kappa shape index (κ2) is 6.49. The van der Waals surface area contributed by atoms with Gasteiger partial charge in [-0.3, -0.25) is 14.9 Å². The first kappa shape index (κ1) is 15.2. The summed E-state index contributed by atoms with van der Waals surface area (Å²) in [5, 5.41) is 13.9. The summed E-state index contributed by atoms with van der Waals surface area (Å²) in [5.74, 6) is 0.701. The number of rotatable bonds is 5. The van der Waals surface area contributed by atoms with Gasteiger partial charge in [-0.05, 0) is 35.0 Å². The fraction of sp³-hybridized carbons (Fsp3) is 0.231. The number of aromatic nitrogens is 2. The fourth-order valence-corrected chi connectivity index (χ4v) is 2.32. The van der Waals surface area contributed by atoms with Gasteiger partial charge in [-0.2, -0.15) is 0 Å². The highest BCUT2D eigenvalue weighted by Crippen LogP contribution is 2.15. The van der Waals surface area contributed by atoms with Gasteiger partial charge < -0.3 is 9.88 Å². The van der Waals surface area contributed by atoms with E-state index >= 15 is 0 Å². The number of nitrogens with one attached hydrogen (secondary N) is 1. The lowest BCUT2D eigenvalue weighted by Gasteiger charge is -2.08. The van der Waals surface area contributed by atoms with Gasteiger partial charge in [0.05, 0.1) is 17.2 Å². The molecule has 0 saturated carbocycles. The van der Waals surface area contributed by atoms with E-state index in [2.05, 4.69) is 26.2 Å². The van der Waals surface area contributed by atoms with Crippen molar-refractivity contribution in [3.63, 3.8) is 0 Å². The molecule has 0 saturated heterocycles. The van der Waals surface area contributed by atoms with E-state index in [1.807, 2.05) is 19.1 Å². The summed E-state index contributed by atoms with van der Waals surface area (Å²) >= 11 is 3.17. The van der Waals surface area contributed by atoms with Crippen molar-refractivity contribution >= 4 is 27.4 Å². The first-order chi connectivity index (χ1) is 10.0. The molecular weight excluding hydrogens is 340 g/mol. The molecule has 0 bridgehead atoms. The Hall–Kier alpha value is -2.22. The normalized spacial score (nSPS) is 10.4. The van der Waals surface area contributed by atoms with Crippen LogP contribution in [-0.2, 0) is 6.54 Å². The number of nitrogens with zero attached hydrogens (tertiary/aromatic N) is 3. The van der Waals surface area contributed by atoms with E-state index in [0.29, 0.717) is 16.0 Å². The zero-order valence-electron chi connectivity index (χ0n) is 11.2. The Balaban J connectivity index is 2.38. The lowest BCUT2D eigenvalue weighted by molar-refractivity contribution is -0.386. The van der Waals surface area contributed by atoms with Crippen molar-refractivity contribution in [2.45, 2.75) is 13.5 Å². The smallest absolute Gasteiger partial charge is 0.335 e. The molecule has 2 aromatic heterocycles. The van der Waals surface area contributed by atoms with Crippen LogP contribution in [0.15, 0.2) is 39.7 Å². The molecule has 0 fully saturated rings. The van der Waals surface area contributed by atoms with E-state index in [1.54, 1.807) is 6.07 Å². The number of anilines is 1. The van der Waals surface area contributed by atoms with Gasteiger partial charge in [0.1, 0.15) is 5.82 Å². The first-order valence-corrected chi connectivity index (χ1v) is 7.04. The zero-order valence-corrected chi connectivity index (χ0v) is 12.8. The summed E-state index contributed by atoms with van der Waals surface area (Å²) < 4.78 is 1.73. The highest BCUT2D eigenvalue weighted by molar-refractivity contribution is 9.10. The predicted molar refractivity (Wildman–Crippen MR) is 82.6 cm³/mol. The third-order valence-corrected chi connectivity index (χ3v) is 3.16. The molecule has 2 aromatic rings. The standard InChI is InChI=1S/C13H13BrN4O3/c1-2-15-12-5-3-4-10(16-12)8-17-7-9(14)6-11(13(17)19)18(20)21/h3-7H,2,8H2,1H3,(H,15,16). The maximum Gasteiger partial charge on any atom is 0.335 e. The Labute approximate surface area is 128 Å². The quantitative estimate of drug-likeness (QED) is 0.659. The summed E-state index contributed by atoms with van der Waals surface area (Å²) in [6.07, 6.45) is 1.51. The molecule has 0 amide bonds. The second-order valence-electron chi connectivity index (χ2n) is 4.28. The lowest BCUT2D eigenvalue weighted by atomic mass is 10.3. The van der Waals surface area contributed by atoms with Crippen molar-refractivity contribution in [3.8, 4) is 0 Å². The number of halogens is 1. The molecule has 1 N–H and O–H groups in total. The molecule has 0 aromatic carbocycles. The molecule has 0 spiro atoms. The van der Waals surface area contributed by atoms with Crippen LogP contribution in [0.1, 0.15) is 12.6 Å². The maximum atomic E-state index is 12.0. The van der Waals surface area contributed by atoms with E-state index in [9.17, 15) is 14.9 Å². The molecule has 21 heavy (non-hydrogen) atoms.